The van der Waals surface area contributed by atoms with E-state index in [1.165, 1.54) is 24.2 Å². The Morgan fingerprint density at radius 2 is 1.95 bits per heavy atom. The quantitative estimate of drug-likeness (QED) is 0.751. The average molecular weight is 268 g/mol. The predicted molar refractivity (Wildman–Crippen MR) is 74.0 cm³/mol. The van der Waals surface area contributed by atoms with E-state index in [9.17, 15) is 9.59 Å². The summed E-state index contributed by atoms with van der Waals surface area (Å²) in [6, 6.07) is -0.229. The zero-order valence-electron chi connectivity index (χ0n) is 11.7. The molecule has 5 nitrogen and oxygen atoms in total. The van der Waals surface area contributed by atoms with E-state index in [1.54, 1.807) is 18.0 Å². The number of hydrogen-bond acceptors (Lipinski definition) is 2. The monoisotopic (exact) mass is 268 g/mol. The minimum atomic E-state index is -0.999. The van der Waals surface area contributed by atoms with Gasteiger partial charge in [-0.05, 0) is 18.8 Å². The lowest BCUT2D eigenvalue weighted by atomic mass is 9.89. The molecule has 1 N–H and O–H groups in total. The smallest absolute Gasteiger partial charge is 0.323 e. The Bertz CT molecular complexity index is 325. The van der Waals surface area contributed by atoms with Gasteiger partial charge in [0.15, 0.2) is 0 Å². The Labute approximate surface area is 114 Å². The molecule has 108 valence electrons. The molecule has 19 heavy (non-hydrogen) atoms. The lowest BCUT2D eigenvalue weighted by Gasteiger charge is -2.30. The molecule has 0 aromatic heterocycles. The maximum Gasteiger partial charge on any atom is 0.323 e. The molecular weight excluding hydrogens is 244 g/mol. The molecule has 1 fully saturated rings. The summed E-state index contributed by atoms with van der Waals surface area (Å²) in [6.45, 7) is 4.26. The molecule has 0 atom stereocenters. The van der Waals surface area contributed by atoms with E-state index in [2.05, 4.69) is 6.58 Å². The molecule has 1 saturated carbocycles. The molecule has 0 radical (unpaired) electrons. The molecule has 0 spiro atoms. The van der Waals surface area contributed by atoms with E-state index in [0.29, 0.717) is 12.5 Å². The fourth-order valence-electron chi connectivity index (χ4n) is 2.61. The average Bonchev–Trinajstić information content (AvgIpc) is 2.38. The number of aliphatic carboxylic acids is 1. The van der Waals surface area contributed by atoms with E-state index < -0.39 is 5.97 Å². The van der Waals surface area contributed by atoms with Crippen LogP contribution in [-0.4, -0.2) is 53.6 Å². The van der Waals surface area contributed by atoms with Crippen molar-refractivity contribution in [2.75, 3.05) is 26.7 Å². The van der Waals surface area contributed by atoms with Crippen LogP contribution in [0.1, 0.15) is 32.1 Å². The third-order valence-corrected chi connectivity index (χ3v) is 3.53. The highest BCUT2D eigenvalue weighted by Gasteiger charge is 2.22. The van der Waals surface area contributed by atoms with Gasteiger partial charge in [-0.1, -0.05) is 25.3 Å². The van der Waals surface area contributed by atoms with Crippen LogP contribution in [0.4, 0.5) is 4.79 Å². The molecule has 0 bridgehead atoms. The van der Waals surface area contributed by atoms with Crippen LogP contribution in [0.5, 0.6) is 0 Å². The van der Waals surface area contributed by atoms with Gasteiger partial charge in [0, 0.05) is 20.1 Å². The summed E-state index contributed by atoms with van der Waals surface area (Å²) >= 11 is 0. The maximum atomic E-state index is 12.2. The predicted octanol–water partition coefficient (Wildman–Crippen LogP) is 2.19. The van der Waals surface area contributed by atoms with Gasteiger partial charge in [0.25, 0.3) is 0 Å². The van der Waals surface area contributed by atoms with Gasteiger partial charge in [0.05, 0.1) is 0 Å². The fraction of sp³-hybridized carbons (Fsp3) is 0.714. The lowest BCUT2D eigenvalue weighted by molar-refractivity contribution is -0.137. The molecule has 0 unspecified atom stereocenters. The Morgan fingerprint density at radius 3 is 2.47 bits per heavy atom. The summed E-state index contributed by atoms with van der Waals surface area (Å²) in [6.07, 6.45) is 7.64. The zero-order valence-corrected chi connectivity index (χ0v) is 11.7. The second-order valence-electron chi connectivity index (χ2n) is 5.23. The van der Waals surface area contributed by atoms with Crippen LogP contribution in [0.2, 0.25) is 0 Å². The van der Waals surface area contributed by atoms with E-state index >= 15 is 0 Å². The summed E-state index contributed by atoms with van der Waals surface area (Å²) in [4.78, 5) is 25.9. The summed E-state index contributed by atoms with van der Waals surface area (Å²) in [5.41, 5.74) is 0. The first-order valence-electron chi connectivity index (χ1n) is 6.87. The Balaban J connectivity index is 2.51. The highest BCUT2D eigenvalue weighted by atomic mass is 16.4. The Morgan fingerprint density at radius 1 is 1.32 bits per heavy atom. The number of carbonyl (C=O) groups excluding carboxylic acids is 1. The second kappa shape index (κ2) is 7.81. The SMILES string of the molecule is C=CCN(CC(=O)O)C(=O)N(C)CC1CCCCC1. The van der Waals surface area contributed by atoms with Gasteiger partial charge in [-0.15, -0.1) is 6.58 Å². The minimum absolute atomic E-state index is 0.229. The first kappa shape index (κ1) is 15.5. The van der Waals surface area contributed by atoms with Gasteiger partial charge in [0.2, 0.25) is 0 Å². The summed E-state index contributed by atoms with van der Waals surface area (Å²) in [5.74, 6) is -0.445. The topological polar surface area (TPSA) is 60.9 Å². The largest absolute Gasteiger partial charge is 0.480 e. The molecular formula is C14H24N2O3. The maximum absolute atomic E-state index is 12.2. The number of nitrogens with zero attached hydrogens (tertiary/aromatic N) is 2. The van der Waals surface area contributed by atoms with Crippen molar-refractivity contribution in [1.82, 2.24) is 9.80 Å². The number of carbonyl (C=O) groups is 2. The summed E-state index contributed by atoms with van der Waals surface area (Å²) in [5, 5.41) is 8.82. The van der Waals surface area contributed by atoms with E-state index in [1.807, 2.05) is 0 Å². The van der Waals surface area contributed by atoms with Crippen LogP contribution in [0.3, 0.4) is 0 Å². The molecule has 1 rings (SSSR count). The Kier molecular flexibility index (Phi) is 6.39. The third-order valence-electron chi connectivity index (χ3n) is 3.53. The van der Waals surface area contributed by atoms with Crippen LogP contribution >= 0.6 is 0 Å². The van der Waals surface area contributed by atoms with Crippen LogP contribution in [0.25, 0.3) is 0 Å². The van der Waals surface area contributed by atoms with Crippen molar-refractivity contribution in [3.05, 3.63) is 12.7 Å². The molecule has 0 saturated heterocycles. The first-order chi connectivity index (χ1) is 9.04. The van der Waals surface area contributed by atoms with Crippen LogP contribution in [0.15, 0.2) is 12.7 Å². The summed E-state index contributed by atoms with van der Waals surface area (Å²) in [7, 11) is 1.74. The number of carboxylic acid groups (broad SMARTS) is 1. The van der Waals surface area contributed by atoms with Gasteiger partial charge in [-0.25, -0.2) is 4.79 Å². The van der Waals surface area contributed by atoms with E-state index in [0.717, 1.165) is 12.8 Å². The van der Waals surface area contributed by atoms with Crippen molar-refractivity contribution in [2.24, 2.45) is 5.92 Å². The van der Waals surface area contributed by atoms with Crippen LogP contribution < -0.4 is 0 Å². The second-order valence-corrected chi connectivity index (χ2v) is 5.23. The third kappa shape index (κ3) is 5.32. The van der Waals surface area contributed by atoms with Crippen molar-refractivity contribution in [1.29, 1.82) is 0 Å². The fourth-order valence-corrected chi connectivity index (χ4v) is 2.61. The molecule has 1 aliphatic rings. The van der Waals surface area contributed by atoms with Gasteiger partial charge in [-0.2, -0.15) is 0 Å². The van der Waals surface area contributed by atoms with E-state index in [4.69, 9.17) is 5.11 Å². The molecule has 0 aromatic rings. The van der Waals surface area contributed by atoms with Crippen LogP contribution in [0, 0.1) is 5.92 Å². The summed E-state index contributed by atoms with van der Waals surface area (Å²) < 4.78 is 0. The number of rotatable bonds is 6. The molecule has 0 heterocycles. The van der Waals surface area contributed by atoms with Crippen molar-refractivity contribution in [3.63, 3.8) is 0 Å². The number of hydrogen-bond donors (Lipinski definition) is 1. The first-order valence-corrected chi connectivity index (χ1v) is 6.87. The van der Waals surface area contributed by atoms with Gasteiger partial charge in [-0.3, -0.25) is 4.79 Å². The van der Waals surface area contributed by atoms with Crippen LogP contribution in [-0.2, 0) is 4.79 Å². The highest BCUT2D eigenvalue weighted by Crippen LogP contribution is 2.24. The normalized spacial score (nSPS) is 15.8. The van der Waals surface area contributed by atoms with Crippen molar-refractivity contribution in [3.8, 4) is 0 Å². The molecule has 1 aliphatic carbocycles. The van der Waals surface area contributed by atoms with Crippen molar-refractivity contribution in [2.45, 2.75) is 32.1 Å². The molecule has 5 heteroatoms. The minimum Gasteiger partial charge on any atom is -0.480 e. The lowest BCUT2D eigenvalue weighted by Crippen LogP contribution is -2.45. The number of urea groups is 1. The molecule has 0 aromatic carbocycles. The van der Waals surface area contributed by atoms with Crippen molar-refractivity contribution >= 4 is 12.0 Å². The standard InChI is InChI=1S/C14H24N2O3/c1-3-9-16(11-13(17)18)14(19)15(2)10-12-7-5-4-6-8-12/h3,12H,1,4-11H2,2H3,(H,17,18). The molecule has 0 aliphatic heterocycles. The number of amides is 2. The number of carboxylic acids is 1. The van der Waals surface area contributed by atoms with Crippen molar-refractivity contribution < 1.29 is 14.7 Å². The van der Waals surface area contributed by atoms with Gasteiger partial charge < -0.3 is 14.9 Å². The zero-order chi connectivity index (χ0) is 14.3. The highest BCUT2D eigenvalue weighted by molar-refractivity contribution is 5.80. The molecule has 2 amide bonds. The van der Waals surface area contributed by atoms with Gasteiger partial charge in [0.1, 0.15) is 6.54 Å². The van der Waals surface area contributed by atoms with Gasteiger partial charge >= 0.3 is 12.0 Å². The van der Waals surface area contributed by atoms with E-state index in [-0.39, 0.29) is 19.1 Å². The Hall–Kier alpha value is -1.52.